The molecule has 2 atom stereocenters. The van der Waals surface area contributed by atoms with Gasteiger partial charge in [0.2, 0.25) is 11.9 Å². The lowest BCUT2D eigenvalue weighted by atomic mass is 9.91. The third-order valence-corrected chi connectivity index (χ3v) is 4.92. The molecule has 1 aromatic carbocycles. The number of carbonyl (C=O) groups is 2. The highest BCUT2D eigenvalue weighted by molar-refractivity contribution is 6.08. The Morgan fingerprint density at radius 1 is 1.25 bits per heavy atom. The lowest BCUT2D eigenvalue weighted by Gasteiger charge is -2.35. The number of nitrogens with one attached hydrogen (secondary N) is 1. The monoisotopic (exact) mass is 389 g/mol. The number of hydrogen-bond acceptors (Lipinski definition) is 7. The quantitative estimate of drug-likeness (QED) is 0.590. The van der Waals surface area contributed by atoms with Gasteiger partial charge in [0.1, 0.15) is 6.04 Å². The van der Waals surface area contributed by atoms with E-state index in [0.29, 0.717) is 23.9 Å². The number of hydrogen-bond donors (Lipinski definition) is 2. The van der Waals surface area contributed by atoms with Crippen molar-refractivity contribution < 1.29 is 24.2 Å². The van der Waals surface area contributed by atoms with Crippen LogP contribution in [0.3, 0.4) is 0 Å². The van der Waals surface area contributed by atoms with Gasteiger partial charge in [0.15, 0.2) is 17.4 Å². The minimum Gasteiger partial charge on any atom is -0.504 e. The van der Waals surface area contributed by atoms with Crippen molar-refractivity contribution >= 4 is 17.8 Å². The van der Waals surface area contributed by atoms with Gasteiger partial charge < -0.3 is 19.5 Å². The van der Waals surface area contributed by atoms with Crippen LogP contribution in [0.5, 0.6) is 11.5 Å². The lowest BCUT2D eigenvalue weighted by molar-refractivity contribution is -0.153. The molecule has 152 valence electrons. The molecule has 0 saturated carbocycles. The Hall–Kier alpha value is -2.77. The van der Waals surface area contributed by atoms with E-state index in [0.717, 1.165) is 32.4 Å². The first-order chi connectivity index (χ1) is 13.5. The highest BCUT2D eigenvalue weighted by atomic mass is 16.5. The number of ether oxygens (including phenoxy) is 2. The van der Waals surface area contributed by atoms with Gasteiger partial charge >= 0.3 is 5.97 Å². The van der Waals surface area contributed by atoms with Crippen LogP contribution in [-0.4, -0.2) is 54.1 Å². The number of piperidine rings is 1. The smallest absolute Gasteiger partial charge is 0.321 e. The highest BCUT2D eigenvalue weighted by Crippen LogP contribution is 2.36. The SMILES string of the molecule is CCOC(=O)[C@H]1C(=O)NC(N2CCCCC2)=N[C@H]1c1ccc(O)c(OCC)c1. The molecule has 1 aromatic rings. The number of rotatable bonds is 5. The van der Waals surface area contributed by atoms with Crippen molar-refractivity contribution in [1.29, 1.82) is 0 Å². The molecule has 2 heterocycles. The average molecular weight is 389 g/mol. The minimum absolute atomic E-state index is 0.00113. The third kappa shape index (κ3) is 4.21. The fourth-order valence-corrected chi connectivity index (χ4v) is 3.56. The largest absolute Gasteiger partial charge is 0.504 e. The van der Waals surface area contributed by atoms with E-state index in [1.165, 1.54) is 6.07 Å². The Labute approximate surface area is 164 Å². The van der Waals surface area contributed by atoms with Crippen LogP contribution in [0.25, 0.3) is 0 Å². The molecule has 1 fully saturated rings. The molecule has 1 saturated heterocycles. The Morgan fingerprint density at radius 2 is 2.00 bits per heavy atom. The van der Waals surface area contributed by atoms with Crippen LogP contribution in [0.4, 0.5) is 0 Å². The number of nitrogens with zero attached hydrogens (tertiary/aromatic N) is 2. The highest BCUT2D eigenvalue weighted by Gasteiger charge is 2.42. The predicted molar refractivity (Wildman–Crippen MR) is 103 cm³/mol. The summed E-state index contributed by atoms with van der Waals surface area (Å²) in [4.78, 5) is 32.1. The molecule has 0 unspecified atom stereocenters. The van der Waals surface area contributed by atoms with E-state index in [4.69, 9.17) is 14.5 Å². The maximum Gasteiger partial charge on any atom is 0.321 e. The number of amides is 1. The van der Waals surface area contributed by atoms with Gasteiger partial charge in [-0.05, 0) is 50.8 Å². The van der Waals surface area contributed by atoms with Crippen molar-refractivity contribution in [3.8, 4) is 11.5 Å². The maximum atomic E-state index is 12.8. The fraction of sp³-hybridized carbons (Fsp3) is 0.550. The Kier molecular flexibility index (Phi) is 6.38. The molecular weight excluding hydrogens is 362 g/mol. The van der Waals surface area contributed by atoms with Crippen molar-refractivity contribution in [3.05, 3.63) is 23.8 Å². The molecule has 3 rings (SSSR count). The number of guanidine groups is 1. The summed E-state index contributed by atoms with van der Waals surface area (Å²) in [5, 5.41) is 12.8. The van der Waals surface area contributed by atoms with Crippen molar-refractivity contribution in [2.24, 2.45) is 10.9 Å². The van der Waals surface area contributed by atoms with E-state index in [1.54, 1.807) is 19.1 Å². The number of aromatic hydroxyl groups is 1. The summed E-state index contributed by atoms with van der Waals surface area (Å²) >= 11 is 0. The number of phenols is 1. The maximum absolute atomic E-state index is 12.8. The lowest BCUT2D eigenvalue weighted by Crippen LogP contribution is -2.53. The molecule has 0 radical (unpaired) electrons. The number of esters is 1. The van der Waals surface area contributed by atoms with Gasteiger partial charge in [-0.15, -0.1) is 0 Å². The molecule has 2 aliphatic heterocycles. The number of carbonyl (C=O) groups excluding carboxylic acids is 2. The van der Waals surface area contributed by atoms with Crippen LogP contribution in [0, 0.1) is 5.92 Å². The van der Waals surface area contributed by atoms with Gasteiger partial charge in [-0.2, -0.15) is 0 Å². The second-order valence-electron chi connectivity index (χ2n) is 6.82. The standard InChI is InChI=1S/C20H27N3O5/c1-3-27-15-12-13(8-9-14(15)24)17-16(19(26)28-4-2)18(25)22-20(21-17)23-10-6-5-7-11-23/h8-9,12,16-17,24H,3-7,10-11H2,1-2H3,(H,21,22,25)/t16-,17+/m1/s1. The molecule has 8 heteroatoms. The second kappa shape index (κ2) is 8.95. The van der Waals surface area contributed by atoms with E-state index in [1.807, 2.05) is 11.8 Å². The number of aliphatic imine (C=N–C) groups is 1. The van der Waals surface area contributed by atoms with Crippen LogP contribution >= 0.6 is 0 Å². The summed E-state index contributed by atoms with van der Waals surface area (Å²) in [6.07, 6.45) is 3.23. The Balaban J connectivity index is 2.00. The molecule has 1 amide bonds. The molecule has 8 nitrogen and oxygen atoms in total. The van der Waals surface area contributed by atoms with E-state index in [-0.39, 0.29) is 12.4 Å². The Morgan fingerprint density at radius 3 is 2.68 bits per heavy atom. The van der Waals surface area contributed by atoms with Crippen LogP contribution in [0.15, 0.2) is 23.2 Å². The number of likely N-dealkylation sites (tertiary alicyclic amines) is 1. The van der Waals surface area contributed by atoms with Gasteiger partial charge in [-0.25, -0.2) is 4.99 Å². The van der Waals surface area contributed by atoms with Crippen LogP contribution < -0.4 is 10.1 Å². The van der Waals surface area contributed by atoms with Gasteiger partial charge in [0, 0.05) is 13.1 Å². The molecule has 0 bridgehead atoms. The summed E-state index contributed by atoms with van der Waals surface area (Å²) < 4.78 is 10.6. The zero-order chi connectivity index (χ0) is 20.1. The Bertz CT molecular complexity index is 758. The van der Waals surface area contributed by atoms with Crippen molar-refractivity contribution in [1.82, 2.24) is 10.2 Å². The van der Waals surface area contributed by atoms with Crippen LogP contribution in [-0.2, 0) is 14.3 Å². The van der Waals surface area contributed by atoms with E-state index >= 15 is 0 Å². The van der Waals surface area contributed by atoms with E-state index in [2.05, 4.69) is 5.32 Å². The van der Waals surface area contributed by atoms with Crippen LogP contribution in [0.2, 0.25) is 0 Å². The summed E-state index contributed by atoms with van der Waals surface area (Å²) in [7, 11) is 0. The van der Waals surface area contributed by atoms with Crippen molar-refractivity contribution in [3.63, 3.8) is 0 Å². The molecule has 0 aliphatic carbocycles. The van der Waals surface area contributed by atoms with Gasteiger partial charge in [-0.1, -0.05) is 6.07 Å². The molecular formula is C20H27N3O5. The fourth-order valence-electron chi connectivity index (χ4n) is 3.56. The minimum atomic E-state index is -1.09. The molecule has 0 spiro atoms. The van der Waals surface area contributed by atoms with Gasteiger partial charge in [-0.3, -0.25) is 14.9 Å². The van der Waals surface area contributed by atoms with Crippen molar-refractivity contribution in [2.45, 2.75) is 39.2 Å². The van der Waals surface area contributed by atoms with E-state index in [9.17, 15) is 14.7 Å². The second-order valence-corrected chi connectivity index (χ2v) is 6.82. The molecule has 2 N–H and O–H groups in total. The van der Waals surface area contributed by atoms with Crippen LogP contribution in [0.1, 0.15) is 44.7 Å². The summed E-state index contributed by atoms with van der Waals surface area (Å²) in [5.74, 6) is -1.35. The first-order valence-electron chi connectivity index (χ1n) is 9.81. The molecule has 2 aliphatic rings. The first-order valence-corrected chi connectivity index (χ1v) is 9.81. The predicted octanol–water partition coefficient (Wildman–Crippen LogP) is 1.98. The summed E-state index contributed by atoms with van der Waals surface area (Å²) in [5.41, 5.74) is 0.615. The average Bonchev–Trinajstić information content (AvgIpc) is 2.70. The van der Waals surface area contributed by atoms with Crippen molar-refractivity contribution in [2.75, 3.05) is 26.3 Å². The number of phenolic OH excluding ortho intramolecular Hbond substituents is 1. The van der Waals surface area contributed by atoms with Gasteiger partial charge in [0.25, 0.3) is 0 Å². The zero-order valence-electron chi connectivity index (χ0n) is 16.3. The third-order valence-electron chi connectivity index (χ3n) is 4.92. The summed E-state index contributed by atoms with van der Waals surface area (Å²) in [6, 6.07) is 4.03. The normalized spacial score (nSPS) is 22.3. The summed E-state index contributed by atoms with van der Waals surface area (Å²) in [6.45, 7) is 5.70. The molecule has 0 aromatic heterocycles. The zero-order valence-corrected chi connectivity index (χ0v) is 16.3. The van der Waals surface area contributed by atoms with E-state index < -0.39 is 23.8 Å². The topological polar surface area (TPSA) is 100 Å². The first kappa shape index (κ1) is 20.0. The number of benzene rings is 1. The van der Waals surface area contributed by atoms with Gasteiger partial charge in [0.05, 0.1) is 13.2 Å². The molecule has 28 heavy (non-hydrogen) atoms.